The van der Waals surface area contributed by atoms with E-state index in [-0.39, 0.29) is 29.9 Å². The zero-order valence-corrected chi connectivity index (χ0v) is 25.2. The number of aromatic amines is 1. The van der Waals surface area contributed by atoms with E-state index in [9.17, 15) is 27.6 Å². The Morgan fingerprint density at radius 3 is 2.41 bits per heavy atom. The first kappa shape index (κ1) is 31.6. The maximum atomic E-state index is 15.9. The number of hydrogen-bond donors (Lipinski definition) is 2. The van der Waals surface area contributed by atoms with Crippen molar-refractivity contribution in [1.29, 1.82) is 0 Å². The van der Waals surface area contributed by atoms with Crippen molar-refractivity contribution in [2.75, 3.05) is 43.4 Å². The van der Waals surface area contributed by atoms with Crippen molar-refractivity contribution in [3.8, 4) is 0 Å². The zero-order chi connectivity index (χ0) is 32.0. The summed E-state index contributed by atoms with van der Waals surface area (Å²) in [6, 6.07) is 3.16. The monoisotopic (exact) mass is 619 g/mol. The maximum absolute atomic E-state index is 15.9. The van der Waals surface area contributed by atoms with Gasteiger partial charge in [0, 0.05) is 56.1 Å². The molecule has 1 aromatic heterocycles. The molecule has 3 aliphatic rings. The minimum Gasteiger partial charge on any atom is -0.443 e. The molecule has 1 saturated carbocycles. The molecule has 44 heavy (non-hydrogen) atoms. The normalized spacial score (nSPS) is 22.2. The van der Waals surface area contributed by atoms with E-state index in [1.54, 1.807) is 0 Å². The molecule has 1 aromatic carbocycles. The quantitative estimate of drug-likeness (QED) is 0.431. The number of amides is 2. The predicted molar refractivity (Wildman–Crippen MR) is 158 cm³/mol. The number of benzene rings is 1. The van der Waals surface area contributed by atoms with Crippen LogP contribution in [0.25, 0.3) is 5.57 Å². The van der Waals surface area contributed by atoms with Crippen LogP contribution < -0.4 is 15.8 Å². The second-order valence-corrected chi connectivity index (χ2v) is 12.3. The van der Waals surface area contributed by atoms with E-state index < -0.39 is 46.3 Å². The maximum Gasteiger partial charge on any atom is 0.417 e. The number of halogens is 4. The van der Waals surface area contributed by atoms with Crippen LogP contribution in [-0.2, 0) is 10.9 Å². The molecule has 2 aromatic rings. The summed E-state index contributed by atoms with van der Waals surface area (Å²) in [6.07, 6.45) is 0.0807. The first-order valence-electron chi connectivity index (χ1n) is 14.7. The molecule has 238 valence electrons. The molecule has 1 saturated heterocycles. The van der Waals surface area contributed by atoms with Crippen molar-refractivity contribution in [2.24, 2.45) is 0 Å². The molecular formula is C31H37F4N5O4. The predicted octanol–water partition coefficient (Wildman–Crippen LogP) is 5.48. The summed E-state index contributed by atoms with van der Waals surface area (Å²) in [6.45, 7) is 7.32. The highest BCUT2D eigenvalue weighted by atomic mass is 19.4. The number of H-pyrrole nitrogens is 1. The lowest BCUT2D eigenvalue weighted by molar-refractivity contribution is -0.138. The lowest BCUT2D eigenvalue weighted by Crippen LogP contribution is -2.55. The number of nitrogens with zero attached hydrogens (tertiary/aromatic N) is 3. The summed E-state index contributed by atoms with van der Waals surface area (Å²) in [4.78, 5) is 45.6. The Balaban J connectivity index is 1.50. The van der Waals surface area contributed by atoms with Gasteiger partial charge in [0.05, 0.1) is 22.5 Å². The van der Waals surface area contributed by atoms with E-state index in [0.29, 0.717) is 43.4 Å². The van der Waals surface area contributed by atoms with Gasteiger partial charge in [0.2, 0.25) is 5.56 Å². The number of pyridine rings is 1. The van der Waals surface area contributed by atoms with Crippen molar-refractivity contribution >= 4 is 28.9 Å². The Bertz CT molecular complexity index is 1520. The van der Waals surface area contributed by atoms with Crippen LogP contribution in [0.5, 0.6) is 0 Å². The van der Waals surface area contributed by atoms with Crippen molar-refractivity contribution < 1.29 is 31.9 Å². The SMILES string of the molecule is CC1CN(c2cc(F)c(C3=CCCN(C(=O)OC4(C)CCC4)C3)cc2NC(=O)c2c[nH]c(=O)cc2C(F)(F)F)CC(C)N1C. The number of piperazine rings is 1. The summed E-state index contributed by atoms with van der Waals surface area (Å²) in [7, 11) is 1.98. The lowest BCUT2D eigenvalue weighted by atomic mass is 9.82. The number of aromatic nitrogens is 1. The fraction of sp³-hybridized carbons (Fsp3) is 0.516. The molecule has 3 heterocycles. The standard InChI is InChI=1S/C31H37F4N5O4/c1-18-15-40(16-19(2)38(18)4)26-13-24(32)21(20-7-5-10-39(17-20)29(43)44-30(3)8-6-9-30)11-25(26)37-28(42)22-14-36-27(41)12-23(22)31(33,34)35/h7,11-14,18-19H,5-6,8-10,15-17H2,1-4H3,(H,36,41)(H,37,42). The fourth-order valence-corrected chi connectivity index (χ4v) is 6.00. The van der Waals surface area contributed by atoms with Gasteiger partial charge < -0.3 is 24.8 Å². The number of ether oxygens (including phenoxy) is 1. The fourth-order valence-electron chi connectivity index (χ4n) is 6.00. The third-order valence-corrected chi connectivity index (χ3v) is 9.01. The van der Waals surface area contributed by atoms with Crippen LogP contribution in [-0.4, -0.2) is 77.7 Å². The molecule has 5 rings (SSSR count). The van der Waals surface area contributed by atoms with Crippen LogP contribution in [0, 0.1) is 5.82 Å². The molecule has 0 spiro atoms. The Hall–Kier alpha value is -3.87. The summed E-state index contributed by atoms with van der Waals surface area (Å²) in [5.41, 5.74) is -2.63. The average Bonchev–Trinajstić information content (AvgIpc) is 2.95. The highest BCUT2D eigenvalue weighted by Crippen LogP contribution is 2.38. The molecule has 2 atom stereocenters. The van der Waals surface area contributed by atoms with Gasteiger partial charge in [-0.05, 0) is 71.2 Å². The van der Waals surface area contributed by atoms with Crippen molar-refractivity contribution in [3.63, 3.8) is 0 Å². The minimum absolute atomic E-state index is 0.0687. The van der Waals surface area contributed by atoms with Crippen LogP contribution in [0.2, 0.25) is 0 Å². The van der Waals surface area contributed by atoms with Gasteiger partial charge in [-0.1, -0.05) is 6.08 Å². The van der Waals surface area contributed by atoms with E-state index in [1.165, 1.54) is 17.0 Å². The van der Waals surface area contributed by atoms with Gasteiger partial charge in [-0.25, -0.2) is 9.18 Å². The molecule has 2 amide bonds. The minimum atomic E-state index is -4.96. The molecule has 0 radical (unpaired) electrons. The van der Waals surface area contributed by atoms with Crippen LogP contribution in [0.3, 0.4) is 0 Å². The molecule has 2 unspecified atom stereocenters. The van der Waals surface area contributed by atoms with Crippen LogP contribution >= 0.6 is 0 Å². The molecule has 2 fully saturated rings. The number of alkyl halides is 3. The van der Waals surface area contributed by atoms with Gasteiger partial charge >= 0.3 is 12.3 Å². The first-order chi connectivity index (χ1) is 20.6. The Morgan fingerprint density at radius 1 is 1.11 bits per heavy atom. The molecule has 1 aliphatic carbocycles. The summed E-state index contributed by atoms with van der Waals surface area (Å²) >= 11 is 0. The van der Waals surface area contributed by atoms with Gasteiger partial charge in [0.25, 0.3) is 5.91 Å². The molecule has 2 aliphatic heterocycles. The van der Waals surface area contributed by atoms with E-state index >= 15 is 4.39 Å². The Labute approximate surface area is 252 Å². The first-order valence-corrected chi connectivity index (χ1v) is 14.7. The number of likely N-dealkylation sites (N-methyl/N-ethyl adjacent to an activating group) is 1. The average molecular weight is 620 g/mol. The van der Waals surface area contributed by atoms with Gasteiger partial charge in [-0.15, -0.1) is 0 Å². The second-order valence-electron chi connectivity index (χ2n) is 12.3. The number of hydrogen-bond acceptors (Lipinski definition) is 6. The van der Waals surface area contributed by atoms with Crippen LogP contribution in [0.15, 0.2) is 35.3 Å². The summed E-state index contributed by atoms with van der Waals surface area (Å²) in [5, 5.41) is 2.57. The largest absolute Gasteiger partial charge is 0.443 e. The van der Waals surface area contributed by atoms with E-state index in [2.05, 4.69) is 15.2 Å². The van der Waals surface area contributed by atoms with Crippen molar-refractivity contribution in [3.05, 3.63) is 63.3 Å². The van der Waals surface area contributed by atoms with E-state index in [0.717, 1.165) is 25.5 Å². The lowest BCUT2D eigenvalue weighted by Gasteiger charge is -2.44. The number of carbonyl (C=O) groups is 2. The molecular weight excluding hydrogens is 582 g/mol. The topological polar surface area (TPSA) is 98.0 Å². The highest BCUT2D eigenvalue weighted by Gasteiger charge is 2.38. The highest BCUT2D eigenvalue weighted by molar-refractivity contribution is 6.07. The third kappa shape index (κ3) is 6.47. The van der Waals surface area contributed by atoms with Crippen LogP contribution in [0.4, 0.5) is 33.7 Å². The molecule has 13 heteroatoms. The smallest absolute Gasteiger partial charge is 0.417 e. The number of nitrogens with one attached hydrogen (secondary N) is 2. The number of rotatable bonds is 5. The van der Waals surface area contributed by atoms with Gasteiger partial charge in [0.15, 0.2) is 0 Å². The van der Waals surface area contributed by atoms with Crippen molar-refractivity contribution in [2.45, 2.75) is 70.3 Å². The van der Waals surface area contributed by atoms with Gasteiger partial charge in [-0.2, -0.15) is 13.2 Å². The van der Waals surface area contributed by atoms with Gasteiger partial charge in [-0.3, -0.25) is 14.5 Å². The Morgan fingerprint density at radius 2 is 1.80 bits per heavy atom. The Kier molecular flexibility index (Phi) is 8.54. The molecule has 0 bridgehead atoms. The molecule has 2 N–H and O–H groups in total. The number of anilines is 2. The number of carbonyl (C=O) groups excluding carboxylic acids is 2. The van der Waals surface area contributed by atoms with E-state index in [1.807, 2.05) is 38.8 Å². The van der Waals surface area contributed by atoms with E-state index in [4.69, 9.17) is 4.74 Å². The van der Waals surface area contributed by atoms with Crippen molar-refractivity contribution in [1.82, 2.24) is 14.8 Å². The third-order valence-electron chi connectivity index (χ3n) is 9.01. The summed E-state index contributed by atoms with van der Waals surface area (Å²) in [5.74, 6) is -1.70. The zero-order valence-electron chi connectivity index (χ0n) is 25.2. The van der Waals surface area contributed by atoms with Gasteiger partial charge in [0.1, 0.15) is 11.4 Å². The second kappa shape index (κ2) is 11.9. The molecule has 9 nitrogen and oxygen atoms in total. The van der Waals surface area contributed by atoms with Crippen LogP contribution in [0.1, 0.15) is 67.9 Å². The summed E-state index contributed by atoms with van der Waals surface area (Å²) < 4.78 is 62.9.